The Kier molecular flexibility index (Phi) is 7.07. The van der Waals surface area contributed by atoms with Gasteiger partial charge in [0.15, 0.2) is 5.13 Å². The van der Waals surface area contributed by atoms with Crippen LogP contribution in [0, 0.1) is 0 Å². The predicted molar refractivity (Wildman–Crippen MR) is 130 cm³/mol. The molecule has 0 atom stereocenters. The lowest BCUT2D eigenvalue weighted by molar-refractivity contribution is 0.0240. The van der Waals surface area contributed by atoms with Crippen LogP contribution in [0.3, 0.4) is 0 Å². The van der Waals surface area contributed by atoms with Gasteiger partial charge in [0.05, 0.1) is 23.4 Å². The minimum absolute atomic E-state index is 0.230. The number of nitrogens with zero attached hydrogens (tertiary/aromatic N) is 5. The van der Waals surface area contributed by atoms with Crippen LogP contribution in [0.4, 0.5) is 15.6 Å². The summed E-state index contributed by atoms with van der Waals surface area (Å²) in [5.74, 6) is 0. The molecule has 4 rings (SSSR count). The van der Waals surface area contributed by atoms with Gasteiger partial charge in [-0.2, -0.15) is 0 Å². The van der Waals surface area contributed by atoms with Crippen molar-refractivity contribution >= 4 is 38.5 Å². The highest BCUT2D eigenvalue weighted by Gasteiger charge is 2.27. The molecule has 0 radical (unpaired) electrons. The van der Waals surface area contributed by atoms with Gasteiger partial charge >= 0.3 is 6.09 Å². The van der Waals surface area contributed by atoms with E-state index in [-0.39, 0.29) is 6.09 Å². The monoisotopic (exact) mass is 461 g/mol. The molecule has 2 saturated heterocycles. The number of rotatable bonds is 5. The Morgan fingerprint density at radius 3 is 2.56 bits per heavy atom. The summed E-state index contributed by atoms with van der Waals surface area (Å²) >= 11 is 1.73. The van der Waals surface area contributed by atoms with Gasteiger partial charge in [0, 0.05) is 65.1 Å². The third-order valence-corrected chi connectivity index (χ3v) is 6.94. The van der Waals surface area contributed by atoms with Gasteiger partial charge in [0.2, 0.25) is 0 Å². The highest BCUT2D eigenvalue weighted by molar-refractivity contribution is 7.22. The molecular formula is C23H35N5O3S. The molecule has 176 valence electrons. The van der Waals surface area contributed by atoms with Crippen LogP contribution in [-0.2, 0) is 9.47 Å². The van der Waals surface area contributed by atoms with Crippen LogP contribution >= 0.6 is 11.3 Å². The number of carbonyl (C=O) groups is 1. The van der Waals surface area contributed by atoms with Gasteiger partial charge in [-0.05, 0) is 39.0 Å². The smallest absolute Gasteiger partial charge is 0.410 e. The summed E-state index contributed by atoms with van der Waals surface area (Å²) in [7, 11) is 2.15. The maximum Gasteiger partial charge on any atom is 0.410 e. The minimum Gasteiger partial charge on any atom is -0.444 e. The molecular weight excluding hydrogens is 426 g/mol. The Morgan fingerprint density at radius 2 is 1.88 bits per heavy atom. The van der Waals surface area contributed by atoms with Gasteiger partial charge in [-0.1, -0.05) is 11.3 Å². The average molecular weight is 462 g/mol. The molecule has 2 aromatic rings. The average Bonchev–Trinajstić information content (AvgIpc) is 3.20. The summed E-state index contributed by atoms with van der Waals surface area (Å²) in [5.41, 5.74) is 1.79. The molecule has 0 spiro atoms. The molecule has 9 heteroatoms. The first-order chi connectivity index (χ1) is 15.3. The summed E-state index contributed by atoms with van der Waals surface area (Å²) in [5, 5.41) is 1.02. The summed E-state index contributed by atoms with van der Waals surface area (Å²) in [4.78, 5) is 26.0. The van der Waals surface area contributed by atoms with Crippen molar-refractivity contribution in [3.05, 3.63) is 18.2 Å². The Labute approximate surface area is 194 Å². The Hall–Kier alpha value is -2.10. The van der Waals surface area contributed by atoms with Crippen molar-refractivity contribution in [3.8, 4) is 0 Å². The van der Waals surface area contributed by atoms with Crippen LogP contribution in [0.5, 0.6) is 0 Å². The lowest BCUT2D eigenvalue weighted by Crippen LogP contribution is -2.50. The Bertz CT molecular complexity index is 914. The van der Waals surface area contributed by atoms with Gasteiger partial charge in [-0.25, -0.2) is 9.78 Å². The molecule has 1 aromatic carbocycles. The SMILES string of the molecule is CN(CCN1CCOCC1)c1ccc2nc(N3CCN(C(=O)OC(C)(C)C)CC3)sc2c1. The molecule has 0 N–H and O–H groups in total. The van der Waals surface area contributed by atoms with Crippen LogP contribution in [0.1, 0.15) is 20.8 Å². The van der Waals surface area contributed by atoms with E-state index in [2.05, 4.69) is 39.9 Å². The number of piperazine rings is 1. The van der Waals surface area contributed by atoms with Crippen molar-refractivity contribution in [1.29, 1.82) is 0 Å². The van der Waals surface area contributed by atoms with Crippen LogP contribution < -0.4 is 9.80 Å². The maximum atomic E-state index is 12.3. The number of likely N-dealkylation sites (N-methyl/N-ethyl adjacent to an activating group) is 1. The molecule has 1 amide bonds. The van der Waals surface area contributed by atoms with E-state index in [4.69, 9.17) is 14.5 Å². The molecule has 2 aliphatic rings. The van der Waals surface area contributed by atoms with E-state index in [1.807, 2.05) is 20.8 Å². The number of fused-ring (bicyclic) bond motifs is 1. The summed E-state index contributed by atoms with van der Waals surface area (Å²) < 4.78 is 12.1. The fourth-order valence-corrected chi connectivity index (χ4v) is 4.98. The Morgan fingerprint density at radius 1 is 1.16 bits per heavy atom. The summed E-state index contributed by atoms with van der Waals surface area (Å²) in [6.07, 6.45) is -0.230. The standard InChI is InChI=1S/C23H35N5O3S/c1-23(2,3)31-22(29)28-11-9-27(10-12-28)21-24-19-6-5-18(17-20(19)32-21)25(4)7-8-26-13-15-30-16-14-26/h5-6,17H,7-16H2,1-4H3. The van der Waals surface area contributed by atoms with Crippen LogP contribution in [0.2, 0.25) is 0 Å². The number of hydrogen-bond donors (Lipinski definition) is 0. The number of anilines is 2. The van der Waals surface area contributed by atoms with E-state index in [0.29, 0.717) is 13.1 Å². The number of amides is 1. The number of aromatic nitrogens is 1. The highest BCUT2D eigenvalue weighted by Crippen LogP contribution is 2.32. The fourth-order valence-electron chi connectivity index (χ4n) is 3.93. The third kappa shape index (κ3) is 5.82. The quantitative estimate of drug-likeness (QED) is 0.678. The largest absolute Gasteiger partial charge is 0.444 e. The highest BCUT2D eigenvalue weighted by atomic mass is 32.1. The number of hydrogen-bond acceptors (Lipinski definition) is 8. The predicted octanol–water partition coefficient (Wildman–Crippen LogP) is 3.12. The lowest BCUT2D eigenvalue weighted by atomic mass is 10.2. The van der Waals surface area contributed by atoms with Gasteiger partial charge in [0.25, 0.3) is 0 Å². The number of carbonyl (C=O) groups excluding carboxylic acids is 1. The zero-order chi connectivity index (χ0) is 22.7. The second-order valence-corrected chi connectivity index (χ2v) is 10.5. The van der Waals surface area contributed by atoms with Gasteiger partial charge in [0.1, 0.15) is 5.60 Å². The van der Waals surface area contributed by atoms with E-state index in [9.17, 15) is 4.79 Å². The first kappa shape index (κ1) is 23.1. The number of benzene rings is 1. The van der Waals surface area contributed by atoms with Gasteiger partial charge in [-0.3, -0.25) is 4.90 Å². The normalized spacial score (nSPS) is 18.2. The summed E-state index contributed by atoms with van der Waals surface area (Å²) in [6.45, 7) is 14.3. The third-order valence-electron chi connectivity index (χ3n) is 5.86. The molecule has 2 aliphatic heterocycles. The molecule has 0 unspecified atom stereocenters. The van der Waals surface area contributed by atoms with Gasteiger partial charge in [-0.15, -0.1) is 0 Å². The number of ether oxygens (including phenoxy) is 2. The maximum absolute atomic E-state index is 12.3. The lowest BCUT2D eigenvalue weighted by Gasteiger charge is -2.35. The van der Waals surface area contributed by atoms with Crippen molar-refractivity contribution < 1.29 is 14.3 Å². The summed E-state index contributed by atoms with van der Waals surface area (Å²) in [6, 6.07) is 6.52. The molecule has 32 heavy (non-hydrogen) atoms. The van der Waals surface area contributed by atoms with Crippen molar-refractivity contribution in [3.63, 3.8) is 0 Å². The minimum atomic E-state index is -0.464. The second-order valence-electron chi connectivity index (χ2n) is 9.48. The van der Waals surface area contributed by atoms with Gasteiger partial charge < -0.3 is 24.2 Å². The van der Waals surface area contributed by atoms with E-state index in [1.54, 1.807) is 16.2 Å². The van der Waals surface area contributed by atoms with Crippen LogP contribution in [0.15, 0.2) is 18.2 Å². The number of morpholine rings is 1. The van der Waals surface area contributed by atoms with E-state index >= 15 is 0 Å². The van der Waals surface area contributed by atoms with Crippen LogP contribution in [0.25, 0.3) is 10.2 Å². The topological polar surface area (TPSA) is 61.4 Å². The van der Waals surface area contributed by atoms with Crippen molar-refractivity contribution in [2.75, 3.05) is 82.4 Å². The van der Waals surface area contributed by atoms with E-state index < -0.39 is 5.60 Å². The first-order valence-corrected chi connectivity index (χ1v) is 12.2. The molecule has 0 bridgehead atoms. The number of thiazole rings is 1. The molecule has 1 aromatic heterocycles. The molecule has 0 saturated carbocycles. The molecule has 8 nitrogen and oxygen atoms in total. The fraction of sp³-hybridized carbons (Fsp3) is 0.652. The first-order valence-electron chi connectivity index (χ1n) is 11.4. The molecule has 3 heterocycles. The van der Waals surface area contributed by atoms with Crippen molar-refractivity contribution in [1.82, 2.24) is 14.8 Å². The zero-order valence-corrected chi connectivity index (χ0v) is 20.5. The van der Waals surface area contributed by atoms with Crippen LogP contribution in [-0.4, -0.2) is 99.1 Å². The van der Waals surface area contributed by atoms with Crippen molar-refractivity contribution in [2.24, 2.45) is 0 Å². The zero-order valence-electron chi connectivity index (χ0n) is 19.7. The van der Waals surface area contributed by atoms with E-state index in [1.165, 1.54) is 10.4 Å². The molecule has 0 aliphatic carbocycles. The van der Waals surface area contributed by atoms with Crippen molar-refractivity contribution in [2.45, 2.75) is 26.4 Å². The molecule has 2 fully saturated rings. The second kappa shape index (κ2) is 9.80. The van der Waals surface area contributed by atoms with E-state index in [0.717, 1.165) is 63.1 Å². The Balaban J connectivity index is 1.34.